The molecular weight excluding hydrogens is 356 g/mol. The molecule has 2 aromatic rings. The summed E-state index contributed by atoms with van der Waals surface area (Å²) in [5, 5.41) is 0. The molecule has 28 heavy (non-hydrogen) atoms. The normalized spacial score (nSPS) is 22.4. The summed E-state index contributed by atoms with van der Waals surface area (Å²) >= 11 is 0. The van der Waals surface area contributed by atoms with E-state index in [2.05, 4.69) is 0 Å². The number of amides is 2. The number of para-hydroxylation sites is 2. The maximum absolute atomic E-state index is 12.6. The van der Waals surface area contributed by atoms with Gasteiger partial charge in [0.15, 0.2) is 6.61 Å². The van der Waals surface area contributed by atoms with E-state index in [0.29, 0.717) is 32.0 Å². The van der Waals surface area contributed by atoms with Crippen LogP contribution in [0, 0.1) is 5.41 Å². The number of anilines is 1. The van der Waals surface area contributed by atoms with E-state index in [1.807, 2.05) is 65.6 Å². The number of likely N-dealkylation sites (tertiary alicyclic amines) is 1. The van der Waals surface area contributed by atoms with Crippen molar-refractivity contribution in [1.82, 2.24) is 4.90 Å². The van der Waals surface area contributed by atoms with Crippen LogP contribution in [0.3, 0.4) is 0 Å². The minimum absolute atomic E-state index is 0.0162. The van der Waals surface area contributed by atoms with Gasteiger partial charge >= 0.3 is 0 Å². The van der Waals surface area contributed by atoms with E-state index in [4.69, 9.17) is 9.47 Å². The van der Waals surface area contributed by atoms with Gasteiger partial charge in [-0.3, -0.25) is 9.59 Å². The zero-order chi connectivity index (χ0) is 19.4. The van der Waals surface area contributed by atoms with E-state index < -0.39 is 0 Å². The molecule has 2 aromatic carbocycles. The quantitative estimate of drug-likeness (QED) is 0.817. The number of benzene rings is 2. The molecule has 6 nitrogen and oxygen atoms in total. The predicted octanol–water partition coefficient (Wildman–Crippen LogP) is 2.35. The standard InChI is InChI=1S/C22H24N2O4/c25-20(14-28-19-9-5-2-6-10-19)23-12-11-22(15-23)16-24(21(26)13-27-17-22)18-7-3-1-4-8-18/h1-10H,11-17H2. The molecule has 2 aliphatic rings. The third-order valence-electron chi connectivity index (χ3n) is 5.39. The number of ether oxygens (including phenoxy) is 2. The monoisotopic (exact) mass is 380 g/mol. The number of hydrogen-bond donors (Lipinski definition) is 0. The molecule has 0 aliphatic carbocycles. The van der Waals surface area contributed by atoms with Gasteiger partial charge in [-0.05, 0) is 30.7 Å². The van der Waals surface area contributed by atoms with Crippen LogP contribution in [0.15, 0.2) is 60.7 Å². The summed E-state index contributed by atoms with van der Waals surface area (Å²) < 4.78 is 11.3. The fraction of sp³-hybridized carbons (Fsp3) is 0.364. The van der Waals surface area contributed by atoms with Crippen molar-refractivity contribution < 1.29 is 19.1 Å². The Morgan fingerprint density at radius 2 is 1.75 bits per heavy atom. The van der Waals surface area contributed by atoms with Gasteiger partial charge < -0.3 is 19.3 Å². The molecule has 2 saturated heterocycles. The molecule has 6 heteroatoms. The van der Waals surface area contributed by atoms with Gasteiger partial charge in [0.2, 0.25) is 0 Å². The molecule has 146 valence electrons. The lowest BCUT2D eigenvalue weighted by Crippen LogP contribution is -2.44. The fourth-order valence-electron chi connectivity index (χ4n) is 3.89. The molecular formula is C22H24N2O4. The summed E-state index contributed by atoms with van der Waals surface area (Å²) in [6, 6.07) is 19.0. The van der Waals surface area contributed by atoms with E-state index >= 15 is 0 Å². The van der Waals surface area contributed by atoms with Crippen LogP contribution in [0.4, 0.5) is 5.69 Å². The van der Waals surface area contributed by atoms with Crippen molar-refractivity contribution in [3.8, 4) is 5.75 Å². The Morgan fingerprint density at radius 1 is 1.04 bits per heavy atom. The van der Waals surface area contributed by atoms with Crippen molar-refractivity contribution in [2.24, 2.45) is 5.41 Å². The second kappa shape index (κ2) is 8.02. The highest BCUT2D eigenvalue weighted by Gasteiger charge is 2.44. The minimum Gasteiger partial charge on any atom is -0.484 e. The number of hydrogen-bond acceptors (Lipinski definition) is 4. The fourth-order valence-corrected chi connectivity index (χ4v) is 3.89. The first-order valence-corrected chi connectivity index (χ1v) is 9.54. The van der Waals surface area contributed by atoms with Crippen molar-refractivity contribution in [2.45, 2.75) is 6.42 Å². The lowest BCUT2D eigenvalue weighted by atomic mass is 9.87. The van der Waals surface area contributed by atoms with E-state index in [-0.39, 0.29) is 30.4 Å². The first-order valence-electron chi connectivity index (χ1n) is 9.54. The average Bonchev–Trinajstić information content (AvgIpc) is 3.08. The Morgan fingerprint density at radius 3 is 2.50 bits per heavy atom. The largest absolute Gasteiger partial charge is 0.484 e. The van der Waals surface area contributed by atoms with Gasteiger partial charge in [-0.1, -0.05) is 36.4 Å². The molecule has 1 atom stereocenters. The van der Waals surface area contributed by atoms with Gasteiger partial charge in [0.05, 0.1) is 6.61 Å². The highest BCUT2D eigenvalue weighted by atomic mass is 16.5. The summed E-state index contributed by atoms with van der Waals surface area (Å²) in [6.07, 6.45) is 0.806. The molecule has 4 rings (SSSR count). The van der Waals surface area contributed by atoms with Gasteiger partial charge in [-0.25, -0.2) is 0 Å². The topological polar surface area (TPSA) is 59.1 Å². The zero-order valence-corrected chi connectivity index (χ0v) is 15.8. The Kier molecular flexibility index (Phi) is 5.30. The number of nitrogens with zero attached hydrogens (tertiary/aromatic N) is 2. The SMILES string of the molecule is O=C(COc1ccccc1)N1CCC2(COCC(=O)N(c3ccccc3)C2)C1. The van der Waals surface area contributed by atoms with Crippen LogP contribution in [0.25, 0.3) is 0 Å². The van der Waals surface area contributed by atoms with Gasteiger partial charge in [-0.2, -0.15) is 0 Å². The molecule has 2 amide bonds. The third-order valence-corrected chi connectivity index (χ3v) is 5.39. The van der Waals surface area contributed by atoms with Crippen LogP contribution in [0.1, 0.15) is 6.42 Å². The van der Waals surface area contributed by atoms with Gasteiger partial charge in [0.25, 0.3) is 11.8 Å². The summed E-state index contributed by atoms with van der Waals surface area (Å²) in [6.45, 7) is 2.34. The first kappa shape index (κ1) is 18.5. The molecule has 0 saturated carbocycles. The van der Waals surface area contributed by atoms with Crippen molar-refractivity contribution in [3.63, 3.8) is 0 Å². The summed E-state index contributed by atoms with van der Waals surface area (Å²) in [5.74, 6) is 0.603. The van der Waals surface area contributed by atoms with Crippen LogP contribution in [0.2, 0.25) is 0 Å². The summed E-state index contributed by atoms with van der Waals surface area (Å²) in [5.41, 5.74) is 0.624. The van der Waals surface area contributed by atoms with Crippen molar-refractivity contribution in [2.75, 3.05) is 44.4 Å². The number of carbonyl (C=O) groups is 2. The lowest BCUT2D eigenvalue weighted by molar-refractivity contribution is -0.133. The molecule has 2 heterocycles. The highest BCUT2D eigenvalue weighted by Crippen LogP contribution is 2.35. The van der Waals surface area contributed by atoms with Crippen molar-refractivity contribution >= 4 is 17.5 Å². The lowest BCUT2D eigenvalue weighted by Gasteiger charge is -2.31. The van der Waals surface area contributed by atoms with Crippen LogP contribution >= 0.6 is 0 Å². The highest BCUT2D eigenvalue weighted by molar-refractivity contribution is 5.94. The van der Waals surface area contributed by atoms with E-state index in [1.165, 1.54) is 0 Å². The van der Waals surface area contributed by atoms with Crippen molar-refractivity contribution in [1.29, 1.82) is 0 Å². The minimum atomic E-state index is -0.246. The Labute approximate surface area is 164 Å². The third kappa shape index (κ3) is 4.02. The first-order chi connectivity index (χ1) is 13.7. The van der Waals surface area contributed by atoms with Crippen LogP contribution in [-0.4, -0.2) is 56.2 Å². The molecule has 1 unspecified atom stereocenters. The maximum atomic E-state index is 12.6. The summed E-state index contributed by atoms with van der Waals surface area (Å²) in [4.78, 5) is 28.8. The smallest absolute Gasteiger partial charge is 0.260 e. The van der Waals surface area contributed by atoms with Gasteiger partial charge in [0.1, 0.15) is 12.4 Å². The Balaban J connectivity index is 1.42. The molecule has 2 fully saturated rings. The van der Waals surface area contributed by atoms with E-state index in [9.17, 15) is 9.59 Å². The van der Waals surface area contributed by atoms with E-state index in [0.717, 1.165) is 12.1 Å². The predicted molar refractivity (Wildman–Crippen MR) is 105 cm³/mol. The van der Waals surface area contributed by atoms with Crippen LogP contribution in [0.5, 0.6) is 5.75 Å². The maximum Gasteiger partial charge on any atom is 0.260 e. The molecule has 2 aliphatic heterocycles. The second-order valence-electron chi connectivity index (χ2n) is 7.48. The Hall–Kier alpha value is -2.86. The van der Waals surface area contributed by atoms with Crippen molar-refractivity contribution in [3.05, 3.63) is 60.7 Å². The van der Waals surface area contributed by atoms with Crippen LogP contribution in [-0.2, 0) is 14.3 Å². The second-order valence-corrected chi connectivity index (χ2v) is 7.48. The molecule has 0 N–H and O–H groups in total. The Bertz CT molecular complexity index is 827. The zero-order valence-electron chi connectivity index (χ0n) is 15.8. The molecule has 0 bridgehead atoms. The molecule has 0 radical (unpaired) electrons. The van der Waals surface area contributed by atoms with Gasteiger partial charge in [-0.15, -0.1) is 0 Å². The average molecular weight is 380 g/mol. The van der Waals surface area contributed by atoms with E-state index in [1.54, 1.807) is 4.90 Å². The summed E-state index contributed by atoms with van der Waals surface area (Å²) in [7, 11) is 0. The molecule has 1 spiro atoms. The number of carbonyl (C=O) groups excluding carboxylic acids is 2. The van der Waals surface area contributed by atoms with Gasteiger partial charge in [0, 0.05) is 30.7 Å². The number of rotatable bonds is 4. The molecule has 0 aromatic heterocycles. The van der Waals surface area contributed by atoms with Crippen LogP contribution < -0.4 is 9.64 Å².